The maximum Gasteiger partial charge on any atom is 0.273 e. The molecule has 0 aliphatic rings. The smallest absolute Gasteiger partial charge is 0.273 e. The summed E-state index contributed by atoms with van der Waals surface area (Å²) >= 11 is 0. The van der Waals surface area contributed by atoms with Gasteiger partial charge in [0.2, 0.25) is 5.91 Å². The number of rotatable bonds is 8. The van der Waals surface area contributed by atoms with Crippen molar-refractivity contribution in [1.29, 1.82) is 0 Å². The number of aliphatic hydroxyl groups excluding tert-OH is 1. The van der Waals surface area contributed by atoms with Gasteiger partial charge in [-0.25, -0.2) is 0 Å². The predicted octanol–water partition coefficient (Wildman–Crippen LogP) is 2.81. The Kier molecular flexibility index (Phi) is 6.65. The van der Waals surface area contributed by atoms with Gasteiger partial charge in [-0.15, -0.1) is 0 Å². The van der Waals surface area contributed by atoms with Crippen molar-refractivity contribution in [3.05, 3.63) is 75.8 Å². The van der Waals surface area contributed by atoms with Crippen LogP contribution in [-0.4, -0.2) is 28.6 Å². The van der Waals surface area contributed by atoms with Crippen molar-refractivity contribution < 1.29 is 14.8 Å². The van der Waals surface area contributed by atoms with Gasteiger partial charge in [0, 0.05) is 24.1 Å². The highest BCUT2D eigenvalue weighted by atomic mass is 16.6. The number of nitrogens with zero attached hydrogens (tertiary/aromatic N) is 1. The third kappa shape index (κ3) is 5.69. The highest BCUT2D eigenvalue weighted by Crippen LogP contribution is 2.21. The van der Waals surface area contributed by atoms with Crippen LogP contribution in [0.5, 0.6) is 0 Å². The van der Waals surface area contributed by atoms with Crippen LogP contribution in [0.2, 0.25) is 0 Å². The van der Waals surface area contributed by atoms with E-state index in [-0.39, 0.29) is 23.9 Å². The highest BCUT2D eigenvalue weighted by molar-refractivity contribution is 5.79. The lowest BCUT2D eigenvalue weighted by Gasteiger charge is -2.19. The second kappa shape index (κ2) is 8.94. The van der Waals surface area contributed by atoms with Gasteiger partial charge in [-0.1, -0.05) is 48.5 Å². The molecule has 0 aliphatic carbocycles. The number of aliphatic hydroxyl groups is 1. The Labute approximate surface area is 146 Å². The van der Waals surface area contributed by atoms with E-state index in [0.717, 1.165) is 5.56 Å². The first-order valence-corrected chi connectivity index (χ1v) is 8.19. The number of hydrogen-bond acceptors (Lipinski definition) is 4. The van der Waals surface area contributed by atoms with E-state index in [9.17, 15) is 20.0 Å². The first kappa shape index (κ1) is 18.6. The molecule has 2 aromatic carbocycles. The van der Waals surface area contributed by atoms with Crippen LogP contribution in [0.15, 0.2) is 54.6 Å². The Balaban J connectivity index is 2.01. The number of carbonyl (C=O) groups is 1. The SMILES string of the molecule is CC(O)CC(CNC(=O)Cc1ccccc1[N+](=O)[O-])c1ccccc1. The van der Waals surface area contributed by atoms with E-state index in [2.05, 4.69) is 5.32 Å². The molecular weight excluding hydrogens is 320 g/mol. The summed E-state index contributed by atoms with van der Waals surface area (Å²) in [6, 6.07) is 15.9. The van der Waals surface area contributed by atoms with Crippen molar-refractivity contribution in [3.8, 4) is 0 Å². The average Bonchev–Trinajstić information content (AvgIpc) is 2.59. The number of benzene rings is 2. The van der Waals surface area contributed by atoms with Crippen molar-refractivity contribution in [2.75, 3.05) is 6.54 Å². The van der Waals surface area contributed by atoms with Crippen LogP contribution in [-0.2, 0) is 11.2 Å². The molecule has 2 unspecified atom stereocenters. The number of hydrogen-bond donors (Lipinski definition) is 2. The van der Waals surface area contributed by atoms with E-state index >= 15 is 0 Å². The Morgan fingerprint density at radius 3 is 2.44 bits per heavy atom. The molecule has 132 valence electrons. The van der Waals surface area contributed by atoms with E-state index in [4.69, 9.17) is 0 Å². The predicted molar refractivity (Wildman–Crippen MR) is 95.3 cm³/mol. The van der Waals surface area contributed by atoms with Crippen molar-refractivity contribution >= 4 is 11.6 Å². The lowest BCUT2D eigenvalue weighted by atomic mass is 9.93. The molecule has 0 aliphatic heterocycles. The van der Waals surface area contributed by atoms with Gasteiger partial charge in [-0.05, 0) is 18.9 Å². The maximum atomic E-state index is 12.2. The molecule has 2 atom stereocenters. The van der Waals surface area contributed by atoms with Gasteiger partial charge in [0.05, 0.1) is 17.4 Å². The fourth-order valence-electron chi connectivity index (χ4n) is 2.79. The highest BCUT2D eigenvalue weighted by Gasteiger charge is 2.18. The minimum atomic E-state index is -0.489. The molecule has 2 aromatic rings. The molecule has 2 rings (SSSR count). The molecule has 0 bridgehead atoms. The van der Waals surface area contributed by atoms with Crippen molar-refractivity contribution in [1.82, 2.24) is 5.32 Å². The number of para-hydroxylation sites is 1. The topological polar surface area (TPSA) is 92.5 Å². The molecule has 25 heavy (non-hydrogen) atoms. The summed E-state index contributed by atoms with van der Waals surface area (Å²) in [4.78, 5) is 22.8. The van der Waals surface area contributed by atoms with Crippen LogP contribution < -0.4 is 5.32 Å². The summed E-state index contributed by atoms with van der Waals surface area (Å²) in [5.74, 6) is -0.295. The van der Waals surface area contributed by atoms with Crippen molar-refractivity contribution in [2.24, 2.45) is 0 Å². The molecule has 0 saturated carbocycles. The molecule has 0 spiro atoms. The van der Waals surface area contributed by atoms with Gasteiger partial charge in [0.1, 0.15) is 0 Å². The van der Waals surface area contributed by atoms with Gasteiger partial charge in [-0.3, -0.25) is 14.9 Å². The number of nitro benzene ring substituents is 1. The molecule has 0 aromatic heterocycles. The van der Waals surface area contributed by atoms with Crippen LogP contribution in [0.1, 0.15) is 30.4 Å². The summed E-state index contributed by atoms with van der Waals surface area (Å²) in [7, 11) is 0. The summed E-state index contributed by atoms with van der Waals surface area (Å²) < 4.78 is 0. The number of nitrogens with one attached hydrogen (secondary N) is 1. The zero-order valence-corrected chi connectivity index (χ0v) is 14.1. The lowest BCUT2D eigenvalue weighted by Crippen LogP contribution is -2.31. The van der Waals surface area contributed by atoms with E-state index in [1.807, 2.05) is 30.3 Å². The third-order valence-electron chi connectivity index (χ3n) is 3.98. The Bertz CT molecular complexity index is 716. The second-order valence-corrected chi connectivity index (χ2v) is 6.06. The zero-order valence-electron chi connectivity index (χ0n) is 14.1. The average molecular weight is 342 g/mol. The van der Waals surface area contributed by atoms with Gasteiger partial charge in [0.15, 0.2) is 0 Å². The van der Waals surface area contributed by atoms with Crippen LogP contribution in [0.25, 0.3) is 0 Å². The number of amides is 1. The van der Waals surface area contributed by atoms with Crippen LogP contribution in [0.4, 0.5) is 5.69 Å². The van der Waals surface area contributed by atoms with Crippen LogP contribution in [0.3, 0.4) is 0 Å². The van der Waals surface area contributed by atoms with E-state index < -0.39 is 11.0 Å². The largest absolute Gasteiger partial charge is 0.393 e. The minimum absolute atomic E-state index is 0.0177. The molecule has 2 N–H and O–H groups in total. The Hall–Kier alpha value is -2.73. The molecule has 6 heteroatoms. The van der Waals surface area contributed by atoms with E-state index in [0.29, 0.717) is 18.5 Å². The summed E-state index contributed by atoms with van der Waals surface area (Å²) in [5.41, 5.74) is 1.37. The van der Waals surface area contributed by atoms with Crippen molar-refractivity contribution in [2.45, 2.75) is 31.8 Å². The van der Waals surface area contributed by atoms with Gasteiger partial charge < -0.3 is 10.4 Å². The standard InChI is InChI=1S/C19H22N2O4/c1-14(22)11-17(15-7-3-2-4-8-15)13-20-19(23)12-16-9-5-6-10-18(16)21(24)25/h2-10,14,17,22H,11-13H2,1H3,(H,20,23). The molecule has 0 radical (unpaired) electrons. The summed E-state index contributed by atoms with van der Waals surface area (Å²) in [5, 5.41) is 23.5. The number of carbonyl (C=O) groups excluding carboxylic acids is 1. The normalized spacial score (nSPS) is 13.0. The van der Waals surface area contributed by atoms with Crippen LogP contribution in [0, 0.1) is 10.1 Å². The van der Waals surface area contributed by atoms with Gasteiger partial charge in [-0.2, -0.15) is 0 Å². The van der Waals surface area contributed by atoms with Gasteiger partial charge in [0.25, 0.3) is 5.69 Å². The van der Waals surface area contributed by atoms with Crippen LogP contribution >= 0.6 is 0 Å². The molecule has 1 amide bonds. The quantitative estimate of drug-likeness (QED) is 0.570. The monoisotopic (exact) mass is 342 g/mol. The fourth-order valence-corrected chi connectivity index (χ4v) is 2.79. The maximum absolute atomic E-state index is 12.2. The minimum Gasteiger partial charge on any atom is -0.393 e. The zero-order chi connectivity index (χ0) is 18.2. The third-order valence-corrected chi connectivity index (χ3v) is 3.98. The Morgan fingerprint density at radius 1 is 1.16 bits per heavy atom. The molecule has 6 nitrogen and oxygen atoms in total. The first-order valence-electron chi connectivity index (χ1n) is 8.19. The second-order valence-electron chi connectivity index (χ2n) is 6.06. The summed E-state index contributed by atoms with van der Waals surface area (Å²) in [6.07, 6.45) is -0.0133. The van der Waals surface area contributed by atoms with Crippen molar-refractivity contribution in [3.63, 3.8) is 0 Å². The summed E-state index contributed by atoms with van der Waals surface area (Å²) in [6.45, 7) is 2.08. The fraction of sp³-hybridized carbons (Fsp3) is 0.316. The molecule has 0 heterocycles. The van der Waals surface area contributed by atoms with E-state index in [1.54, 1.807) is 25.1 Å². The lowest BCUT2D eigenvalue weighted by molar-refractivity contribution is -0.385. The molecular formula is C19H22N2O4. The van der Waals surface area contributed by atoms with E-state index in [1.165, 1.54) is 6.07 Å². The molecule has 0 saturated heterocycles. The van der Waals surface area contributed by atoms with Gasteiger partial charge >= 0.3 is 0 Å². The number of nitro groups is 1. The first-order chi connectivity index (χ1) is 12.0. The molecule has 0 fully saturated rings. The Morgan fingerprint density at radius 2 is 1.80 bits per heavy atom.